The monoisotopic (exact) mass is 318 g/mol. The van der Waals surface area contributed by atoms with Crippen LogP contribution < -0.4 is 5.32 Å². The number of thioether (sulfide) groups is 1. The second kappa shape index (κ2) is 6.73. The number of carbonyl (C=O) groups excluding carboxylic acids is 2. The van der Waals surface area contributed by atoms with Gasteiger partial charge in [-0.25, -0.2) is 0 Å². The van der Waals surface area contributed by atoms with Crippen LogP contribution in [0.1, 0.15) is 32.6 Å². The third kappa shape index (κ3) is 3.46. The van der Waals surface area contributed by atoms with Gasteiger partial charge in [0.05, 0.1) is 10.9 Å². The Kier molecular flexibility index (Phi) is 4.71. The van der Waals surface area contributed by atoms with Crippen molar-refractivity contribution in [2.24, 2.45) is 5.92 Å². The lowest BCUT2D eigenvalue weighted by Gasteiger charge is -2.26. The van der Waals surface area contributed by atoms with Gasteiger partial charge in [-0.05, 0) is 37.3 Å². The minimum absolute atomic E-state index is 0.0553. The van der Waals surface area contributed by atoms with E-state index in [1.807, 2.05) is 29.2 Å². The highest BCUT2D eigenvalue weighted by Crippen LogP contribution is 2.36. The SMILES string of the molecule is C[C@@H]1CCCN(C(=O)C[C@@H]2Sc3ccccc3NC2=O)CC1. The molecule has 1 fully saturated rings. The lowest BCUT2D eigenvalue weighted by molar-refractivity contribution is -0.132. The molecule has 1 N–H and O–H groups in total. The predicted molar refractivity (Wildman–Crippen MR) is 88.9 cm³/mol. The van der Waals surface area contributed by atoms with E-state index in [0.29, 0.717) is 12.3 Å². The standard InChI is InChI=1S/C17H22N2O2S/c1-12-5-4-9-19(10-8-12)16(20)11-15-17(21)18-13-6-2-3-7-14(13)22-15/h2-3,6-7,12,15H,4-5,8-11H2,1H3,(H,18,21)/t12-,15+/m1/s1. The summed E-state index contributed by atoms with van der Waals surface area (Å²) in [6, 6.07) is 7.75. The average molecular weight is 318 g/mol. The third-order valence-electron chi connectivity index (χ3n) is 4.44. The number of hydrogen-bond donors (Lipinski definition) is 1. The zero-order valence-electron chi connectivity index (χ0n) is 12.9. The van der Waals surface area contributed by atoms with Gasteiger partial charge in [-0.3, -0.25) is 9.59 Å². The van der Waals surface area contributed by atoms with Crippen molar-refractivity contribution in [3.63, 3.8) is 0 Å². The molecule has 0 bridgehead atoms. The fourth-order valence-electron chi connectivity index (χ4n) is 3.03. The summed E-state index contributed by atoms with van der Waals surface area (Å²) in [7, 11) is 0. The number of hydrogen-bond acceptors (Lipinski definition) is 3. The Morgan fingerprint density at radius 1 is 1.32 bits per heavy atom. The van der Waals surface area contributed by atoms with E-state index in [-0.39, 0.29) is 17.1 Å². The minimum atomic E-state index is -0.317. The number of fused-ring (bicyclic) bond motifs is 1. The second-order valence-electron chi connectivity index (χ2n) is 6.21. The quantitative estimate of drug-likeness (QED) is 0.911. The van der Waals surface area contributed by atoms with Gasteiger partial charge in [0.25, 0.3) is 0 Å². The molecular weight excluding hydrogens is 296 g/mol. The number of nitrogens with one attached hydrogen (secondary N) is 1. The van der Waals surface area contributed by atoms with Crippen molar-refractivity contribution in [2.75, 3.05) is 18.4 Å². The van der Waals surface area contributed by atoms with Crippen LogP contribution in [0, 0.1) is 5.92 Å². The minimum Gasteiger partial charge on any atom is -0.343 e. The summed E-state index contributed by atoms with van der Waals surface area (Å²) in [5.41, 5.74) is 0.852. The normalized spacial score (nSPS) is 25.1. The van der Waals surface area contributed by atoms with E-state index in [1.165, 1.54) is 18.2 Å². The van der Waals surface area contributed by atoms with Gasteiger partial charge in [-0.1, -0.05) is 19.1 Å². The molecule has 22 heavy (non-hydrogen) atoms. The fourth-order valence-corrected chi connectivity index (χ4v) is 4.13. The first-order chi connectivity index (χ1) is 10.6. The maximum atomic E-state index is 12.5. The molecule has 0 aromatic heterocycles. The Balaban J connectivity index is 1.63. The summed E-state index contributed by atoms with van der Waals surface area (Å²) >= 11 is 1.50. The van der Waals surface area contributed by atoms with E-state index in [2.05, 4.69) is 12.2 Å². The first-order valence-corrected chi connectivity index (χ1v) is 8.86. The molecule has 2 atom stereocenters. The van der Waals surface area contributed by atoms with Gasteiger partial charge in [0, 0.05) is 24.4 Å². The van der Waals surface area contributed by atoms with Gasteiger partial charge in [0.2, 0.25) is 11.8 Å². The first-order valence-electron chi connectivity index (χ1n) is 7.98. The molecule has 2 heterocycles. The van der Waals surface area contributed by atoms with E-state index in [0.717, 1.165) is 36.5 Å². The van der Waals surface area contributed by atoms with Crippen LogP contribution in [-0.4, -0.2) is 35.1 Å². The Labute approximate surface area is 135 Å². The van der Waals surface area contributed by atoms with Gasteiger partial charge in [-0.15, -0.1) is 11.8 Å². The molecule has 0 radical (unpaired) electrons. The van der Waals surface area contributed by atoms with Gasteiger partial charge >= 0.3 is 0 Å². The number of rotatable bonds is 2. The van der Waals surface area contributed by atoms with Crippen LogP contribution in [-0.2, 0) is 9.59 Å². The van der Waals surface area contributed by atoms with E-state index in [9.17, 15) is 9.59 Å². The molecule has 3 rings (SSSR count). The molecule has 1 saturated heterocycles. The fraction of sp³-hybridized carbons (Fsp3) is 0.529. The zero-order valence-corrected chi connectivity index (χ0v) is 13.7. The Morgan fingerprint density at radius 3 is 3.00 bits per heavy atom. The van der Waals surface area contributed by atoms with Crippen molar-refractivity contribution in [1.29, 1.82) is 0 Å². The first kappa shape index (κ1) is 15.4. The highest BCUT2D eigenvalue weighted by molar-refractivity contribution is 8.01. The molecular formula is C17H22N2O2S. The van der Waals surface area contributed by atoms with E-state index in [4.69, 9.17) is 0 Å². The van der Waals surface area contributed by atoms with Gasteiger partial charge in [0.1, 0.15) is 0 Å². The van der Waals surface area contributed by atoms with Gasteiger partial charge < -0.3 is 10.2 Å². The molecule has 0 saturated carbocycles. The Morgan fingerprint density at radius 2 is 2.14 bits per heavy atom. The van der Waals surface area contributed by atoms with Crippen molar-refractivity contribution < 1.29 is 9.59 Å². The number of likely N-dealkylation sites (tertiary alicyclic amines) is 1. The largest absolute Gasteiger partial charge is 0.343 e. The molecule has 5 heteroatoms. The maximum absolute atomic E-state index is 12.5. The second-order valence-corrected chi connectivity index (χ2v) is 7.46. The molecule has 4 nitrogen and oxygen atoms in total. The smallest absolute Gasteiger partial charge is 0.238 e. The number of benzene rings is 1. The summed E-state index contributed by atoms with van der Waals surface area (Å²) in [6.45, 7) is 3.91. The average Bonchev–Trinajstić information content (AvgIpc) is 2.73. The Bertz CT molecular complexity index is 576. The van der Waals surface area contributed by atoms with Crippen LogP contribution in [0.5, 0.6) is 0 Å². The molecule has 2 amide bonds. The molecule has 118 valence electrons. The van der Waals surface area contributed by atoms with E-state index in [1.54, 1.807) is 0 Å². The van der Waals surface area contributed by atoms with Crippen LogP contribution in [0.4, 0.5) is 5.69 Å². The molecule has 0 aliphatic carbocycles. The summed E-state index contributed by atoms with van der Waals surface area (Å²) in [5.74, 6) is 0.749. The number of carbonyl (C=O) groups is 2. The summed E-state index contributed by atoms with van der Waals surface area (Å²) in [6.07, 6.45) is 3.62. The summed E-state index contributed by atoms with van der Waals surface area (Å²) in [4.78, 5) is 27.7. The molecule has 0 spiro atoms. The van der Waals surface area contributed by atoms with Gasteiger partial charge in [0.15, 0.2) is 0 Å². The molecule has 0 unspecified atom stereocenters. The van der Waals surface area contributed by atoms with Crippen LogP contribution >= 0.6 is 11.8 Å². The molecule has 1 aromatic rings. The molecule has 2 aliphatic heterocycles. The zero-order chi connectivity index (χ0) is 15.5. The number of anilines is 1. The number of amides is 2. The molecule has 1 aromatic carbocycles. The van der Waals surface area contributed by atoms with Crippen molar-refractivity contribution in [3.8, 4) is 0 Å². The van der Waals surface area contributed by atoms with Crippen molar-refractivity contribution >= 4 is 29.3 Å². The highest BCUT2D eigenvalue weighted by Gasteiger charge is 2.30. The Hall–Kier alpha value is -1.49. The third-order valence-corrected chi connectivity index (χ3v) is 5.71. The summed E-state index contributed by atoms with van der Waals surface area (Å²) < 4.78 is 0. The van der Waals surface area contributed by atoms with Crippen LogP contribution in [0.2, 0.25) is 0 Å². The van der Waals surface area contributed by atoms with E-state index >= 15 is 0 Å². The van der Waals surface area contributed by atoms with Crippen molar-refractivity contribution in [3.05, 3.63) is 24.3 Å². The van der Waals surface area contributed by atoms with Crippen LogP contribution in [0.3, 0.4) is 0 Å². The van der Waals surface area contributed by atoms with E-state index < -0.39 is 0 Å². The molecule has 2 aliphatic rings. The summed E-state index contributed by atoms with van der Waals surface area (Å²) in [5, 5.41) is 2.59. The maximum Gasteiger partial charge on any atom is 0.238 e. The lowest BCUT2D eigenvalue weighted by Crippen LogP contribution is -2.38. The number of nitrogens with zero attached hydrogens (tertiary/aromatic N) is 1. The van der Waals surface area contributed by atoms with Crippen molar-refractivity contribution in [1.82, 2.24) is 4.90 Å². The topological polar surface area (TPSA) is 49.4 Å². The highest BCUT2D eigenvalue weighted by atomic mass is 32.2. The van der Waals surface area contributed by atoms with Gasteiger partial charge in [-0.2, -0.15) is 0 Å². The predicted octanol–water partition coefficient (Wildman–Crippen LogP) is 3.14. The number of para-hydroxylation sites is 1. The van der Waals surface area contributed by atoms with Crippen molar-refractivity contribution in [2.45, 2.75) is 42.8 Å². The van der Waals surface area contributed by atoms with Crippen LogP contribution in [0.25, 0.3) is 0 Å². The van der Waals surface area contributed by atoms with Crippen LogP contribution in [0.15, 0.2) is 29.2 Å². The lowest BCUT2D eigenvalue weighted by atomic mass is 10.0.